The quantitative estimate of drug-likeness (QED) is 0.554. The Morgan fingerprint density at radius 2 is 1.83 bits per heavy atom. The molecule has 1 fully saturated rings. The fraction of sp³-hybridized carbons (Fsp3) is 0.385. The number of amides is 2. The van der Waals surface area contributed by atoms with Crippen LogP contribution in [0.15, 0.2) is 47.4 Å². The van der Waals surface area contributed by atoms with Crippen LogP contribution in [-0.4, -0.2) is 54.8 Å². The van der Waals surface area contributed by atoms with Gasteiger partial charge < -0.3 is 10.4 Å². The van der Waals surface area contributed by atoms with Crippen LogP contribution in [0.2, 0.25) is 0 Å². The lowest BCUT2D eigenvalue weighted by Gasteiger charge is -2.32. The number of carbonyl (C=O) groups excluding carboxylic acids is 1. The van der Waals surface area contributed by atoms with Gasteiger partial charge in [-0.2, -0.15) is 10.5 Å². The summed E-state index contributed by atoms with van der Waals surface area (Å²) in [6.45, 7) is 2.06. The zero-order valence-electron chi connectivity index (χ0n) is 20.0. The van der Waals surface area contributed by atoms with E-state index in [1.807, 2.05) is 6.07 Å². The zero-order valence-corrected chi connectivity index (χ0v) is 20.8. The summed E-state index contributed by atoms with van der Waals surface area (Å²) in [5.74, 6) is -0.496. The molecule has 188 valence electrons. The molecule has 0 aliphatic carbocycles. The van der Waals surface area contributed by atoms with Gasteiger partial charge in [0, 0.05) is 13.0 Å². The van der Waals surface area contributed by atoms with Crippen molar-refractivity contribution in [3.63, 3.8) is 0 Å². The van der Waals surface area contributed by atoms with Crippen molar-refractivity contribution in [2.75, 3.05) is 12.3 Å². The topological polar surface area (TPSA) is 151 Å². The summed E-state index contributed by atoms with van der Waals surface area (Å²) in [5, 5.41) is 31.1. The van der Waals surface area contributed by atoms with Gasteiger partial charge in [-0.25, -0.2) is 13.2 Å². The minimum Gasteiger partial charge on any atom is -0.465 e. The van der Waals surface area contributed by atoms with Crippen LogP contribution in [-0.2, 0) is 21.1 Å². The van der Waals surface area contributed by atoms with Crippen LogP contribution < -0.4 is 5.32 Å². The largest absolute Gasteiger partial charge is 0.465 e. The number of sulfone groups is 1. The Bertz CT molecular complexity index is 1310. The second-order valence-electron chi connectivity index (χ2n) is 8.72. The van der Waals surface area contributed by atoms with E-state index in [9.17, 15) is 33.6 Å². The molecule has 2 amide bonds. The number of hydrogen-bond donors (Lipinski definition) is 2. The molecule has 2 aromatic carbocycles. The molecule has 1 saturated heterocycles. The van der Waals surface area contributed by atoms with Crippen LogP contribution >= 0.6 is 0 Å². The van der Waals surface area contributed by atoms with Crippen molar-refractivity contribution in [2.24, 2.45) is 0 Å². The molecule has 0 radical (unpaired) electrons. The molecule has 1 heterocycles. The first-order chi connectivity index (χ1) is 17.2. The fourth-order valence-electron chi connectivity index (χ4n) is 4.35. The molecule has 0 bridgehead atoms. The molecule has 0 saturated carbocycles. The average Bonchev–Trinajstić information content (AvgIpc) is 2.88. The molecule has 9 nitrogen and oxygen atoms in total. The molecule has 1 unspecified atom stereocenters. The molecule has 3 rings (SSSR count). The number of rotatable bonds is 8. The summed E-state index contributed by atoms with van der Waals surface area (Å²) in [6.07, 6.45) is 1.43. The van der Waals surface area contributed by atoms with E-state index in [0.29, 0.717) is 31.4 Å². The van der Waals surface area contributed by atoms with Crippen LogP contribution in [0.5, 0.6) is 0 Å². The number of piperidine rings is 1. The fourth-order valence-corrected chi connectivity index (χ4v) is 5.82. The number of nitrogens with zero attached hydrogens (tertiary/aromatic N) is 3. The van der Waals surface area contributed by atoms with Gasteiger partial charge in [-0.1, -0.05) is 37.3 Å². The van der Waals surface area contributed by atoms with Crippen LogP contribution in [0.1, 0.15) is 43.7 Å². The molecule has 10 heteroatoms. The maximum Gasteiger partial charge on any atom is 0.407 e. The Hall–Kier alpha value is -3.89. The number of carbonyl (C=O) groups is 2. The molecule has 0 aromatic heterocycles. The van der Waals surface area contributed by atoms with E-state index < -0.39 is 33.9 Å². The smallest absolute Gasteiger partial charge is 0.407 e. The lowest BCUT2D eigenvalue weighted by molar-refractivity contribution is -0.127. The van der Waals surface area contributed by atoms with Crippen molar-refractivity contribution in [3.8, 4) is 23.3 Å². The number of likely N-dealkylation sites (tertiary alicyclic amines) is 1. The number of nitrogens with one attached hydrogen (secondary N) is 1. The Balaban J connectivity index is 1.72. The van der Waals surface area contributed by atoms with Crippen LogP contribution in [0, 0.1) is 22.7 Å². The van der Waals surface area contributed by atoms with Crippen molar-refractivity contribution >= 4 is 21.8 Å². The van der Waals surface area contributed by atoms with Crippen molar-refractivity contribution in [2.45, 2.75) is 56.0 Å². The number of benzene rings is 2. The predicted molar refractivity (Wildman–Crippen MR) is 133 cm³/mol. The molecule has 2 aromatic rings. The molecular formula is C26H28N4O5S. The Labute approximate surface area is 210 Å². The number of hydrogen-bond acceptors (Lipinski definition) is 6. The van der Waals surface area contributed by atoms with E-state index >= 15 is 0 Å². The summed E-state index contributed by atoms with van der Waals surface area (Å²) < 4.78 is 24.9. The SMILES string of the molecule is CCCS(=O)(=O)c1ccc(-c2ccc(C[C@@H](C#N)NC(=O)C3CCCCN3C(=O)O)cc2)cc1C#N. The van der Waals surface area contributed by atoms with Crippen LogP contribution in [0.3, 0.4) is 0 Å². The number of carboxylic acid groups (broad SMARTS) is 1. The standard InChI is InChI=1S/C26H28N4O5S/c1-2-13-36(34,35)24-11-10-20(15-21(24)16-27)19-8-6-18(7-9-19)14-22(17-28)29-25(31)23-5-3-4-12-30(23)26(32)33/h6-11,15,22-23H,2-5,12-14H2,1H3,(H,29,31)(H,32,33)/t22-,23?/m0/s1. The third-order valence-corrected chi connectivity index (χ3v) is 8.13. The highest BCUT2D eigenvalue weighted by molar-refractivity contribution is 7.91. The lowest BCUT2D eigenvalue weighted by atomic mass is 9.99. The first-order valence-corrected chi connectivity index (χ1v) is 13.4. The van der Waals surface area contributed by atoms with E-state index in [1.54, 1.807) is 43.3 Å². The van der Waals surface area contributed by atoms with Crippen molar-refractivity contribution in [3.05, 3.63) is 53.6 Å². The molecule has 2 atom stereocenters. The van der Waals surface area contributed by atoms with Gasteiger partial charge in [0.15, 0.2) is 9.84 Å². The predicted octanol–water partition coefficient (Wildman–Crippen LogP) is 3.49. The van der Waals surface area contributed by atoms with Crippen molar-refractivity contribution in [1.82, 2.24) is 10.2 Å². The van der Waals surface area contributed by atoms with Gasteiger partial charge in [0.25, 0.3) is 0 Å². The van der Waals surface area contributed by atoms with Gasteiger partial charge in [-0.15, -0.1) is 0 Å². The van der Waals surface area contributed by atoms with Crippen LogP contribution in [0.25, 0.3) is 11.1 Å². The van der Waals surface area contributed by atoms with Gasteiger partial charge in [-0.3, -0.25) is 9.69 Å². The number of nitriles is 2. The lowest BCUT2D eigenvalue weighted by Crippen LogP contribution is -2.53. The maximum atomic E-state index is 12.7. The minimum atomic E-state index is -3.52. The summed E-state index contributed by atoms with van der Waals surface area (Å²) in [4.78, 5) is 25.3. The summed E-state index contributed by atoms with van der Waals surface area (Å²) in [7, 11) is -3.52. The molecular weight excluding hydrogens is 480 g/mol. The van der Waals surface area contributed by atoms with Gasteiger partial charge >= 0.3 is 6.09 Å². The van der Waals surface area contributed by atoms with Gasteiger partial charge in [0.05, 0.1) is 22.3 Å². The average molecular weight is 509 g/mol. The maximum absolute atomic E-state index is 12.7. The summed E-state index contributed by atoms with van der Waals surface area (Å²) in [6, 6.07) is 14.3. The molecule has 2 N–H and O–H groups in total. The highest BCUT2D eigenvalue weighted by atomic mass is 32.2. The molecule has 36 heavy (non-hydrogen) atoms. The third kappa shape index (κ3) is 6.21. The summed E-state index contributed by atoms with van der Waals surface area (Å²) >= 11 is 0. The molecule has 1 aliphatic heterocycles. The van der Waals surface area contributed by atoms with E-state index in [0.717, 1.165) is 22.4 Å². The Kier molecular flexibility index (Phi) is 8.68. The van der Waals surface area contributed by atoms with Crippen molar-refractivity contribution < 1.29 is 23.1 Å². The second-order valence-corrected chi connectivity index (χ2v) is 10.8. The second kappa shape index (κ2) is 11.7. The highest BCUT2D eigenvalue weighted by Crippen LogP contribution is 2.26. The summed E-state index contributed by atoms with van der Waals surface area (Å²) in [5.41, 5.74) is 2.33. The first kappa shape index (κ1) is 26.7. The van der Waals surface area contributed by atoms with Crippen LogP contribution in [0.4, 0.5) is 4.79 Å². The van der Waals surface area contributed by atoms with Crippen molar-refractivity contribution in [1.29, 1.82) is 10.5 Å². The van der Waals surface area contributed by atoms with Gasteiger partial charge in [0.1, 0.15) is 18.2 Å². The van der Waals surface area contributed by atoms with E-state index in [-0.39, 0.29) is 22.6 Å². The monoisotopic (exact) mass is 508 g/mol. The first-order valence-electron chi connectivity index (χ1n) is 11.8. The van der Waals surface area contributed by atoms with E-state index in [2.05, 4.69) is 11.4 Å². The van der Waals surface area contributed by atoms with Gasteiger partial charge in [-0.05, 0) is 54.5 Å². The Morgan fingerprint density at radius 3 is 2.44 bits per heavy atom. The highest BCUT2D eigenvalue weighted by Gasteiger charge is 2.33. The Morgan fingerprint density at radius 1 is 1.14 bits per heavy atom. The molecule has 0 spiro atoms. The van der Waals surface area contributed by atoms with E-state index in [1.165, 1.54) is 6.07 Å². The minimum absolute atomic E-state index is 0.0264. The third-order valence-electron chi connectivity index (χ3n) is 6.16. The van der Waals surface area contributed by atoms with E-state index in [4.69, 9.17) is 0 Å². The zero-order chi connectivity index (χ0) is 26.3. The normalized spacial score (nSPS) is 16.4. The van der Waals surface area contributed by atoms with Gasteiger partial charge in [0.2, 0.25) is 5.91 Å². The molecule has 1 aliphatic rings.